The standard InChI is InChI=1S/C24H33N5O3.HI/c1-25-24(28-17-23(30)26-15-19-7-9-22(31-2)10-8-19)27-16-20-5-3-4-6-21(20)18-29-11-13-32-14-12-29;/h3-10H,11-18H2,1-2H3,(H,26,30)(H2,25,27,28);1H. The van der Waals surface area contributed by atoms with Gasteiger partial charge in [-0.3, -0.25) is 14.7 Å². The van der Waals surface area contributed by atoms with E-state index in [4.69, 9.17) is 9.47 Å². The first-order valence-corrected chi connectivity index (χ1v) is 10.9. The summed E-state index contributed by atoms with van der Waals surface area (Å²) in [6.45, 7) is 5.63. The van der Waals surface area contributed by atoms with E-state index in [2.05, 4.69) is 44.0 Å². The monoisotopic (exact) mass is 567 g/mol. The van der Waals surface area contributed by atoms with E-state index >= 15 is 0 Å². The molecule has 1 aliphatic heterocycles. The number of methoxy groups -OCH3 is 1. The largest absolute Gasteiger partial charge is 0.497 e. The van der Waals surface area contributed by atoms with Crippen LogP contribution in [0.15, 0.2) is 53.5 Å². The molecule has 1 saturated heterocycles. The molecule has 3 N–H and O–H groups in total. The Morgan fingerprint density at radius 2 is 1.70 bits per heavy atom. The number of carbonyl (C=O) groups excluding carboxylic acids is 1. The minimum atomic E-state index is -0.100. The smallest absolute Gasteiger partial charge is 0.239 e. The third-order valence-electron chi connectivity index (χ3n) is 5.35. The van der Waals surface area contributed by atoms with E-state index in [0.29, 0.717) is 19.0 Å². The molecule has 33 heavy (non-hydrogen) atoms. The van der Waals surface area contributed by atoms with E-state index in [1.54, 1.807) is 14.2 Å². The summed E-state index contributed by atoms with van der Waals surface area (Å²) in [4.78, 5) is 18.8. The number of hydrogen-bond acceptors (Lipinski definition) is 5. The summed E-state index contributed by atoms with van der Waals surface area (Å²) in [6, 6.07) is 16.0. The van der Waals surface area contributed by atoms with Crippen LogP contribution in [0.25, 0.3) is 0 Å². The summed E-state index contributed by atoms with van der Waals surface area (Å²) in [5.41, 5.74) is 3.51. The lowest BCUT2D eigenvalue weighted by Gasteiger charge is -2.27. The van der Waals surface area contributed by atoms with Crippen molar-refractivity contribution in [3.8, 4) is 5.75 Å². The molecule has 0 radical (unpaired) electrons. The van der Waals surface area contributed by atoms with Gasteiger partial charge in [-0.25, -0.2) is 0 Å². The Balaban J connectivity index is 0.00000385. The van der Waals surface area contributed by atoms with E-state index in [1.807, 2.05) is 30.3 Å². The predicted octanol–water partition coefficient (Wildman–Crippen LogP) is 2.13. The molecule has 0 saturated carbocycles. The number of nitrogens with one attached hydrogen (secondary N) is 3. The van der Waals surface area contributed by atoms with E-state index in [9.17, 15) is 4.79 Å². The molecule has 0 aromatic heterocycles. The number of carbonyl (C=O) groups is 1. The van der Waals surface area contributed by atoms with Gasteiger partial charge in [0.2, 0.25) is 5.91 Å². The van der Waals surface area contributed by atoms with Crippen LogP contribution in [-0.4, -0.2) is 63.8 Å². The first kappa shape index (κ1) is 26.9. The van der Waals surface area contributed by atoms with Crippen molar-refractivity contribution in [3.05, 3.63) is 65.2 Å². The Bertz CT molecular complexity index is 886. The van der Waals surface area contributed by atoms with Crippen molar-refractivity contribution in [2.75, 3.05) is 47.0 Å². The lowest BCUT2D eigenvalue weighted by Crippen LogP contribution is -2.43. The van der Waals surface area contributed by atoms with Crippen LogP contribution in [-0.2, 0) is 29.2 Å². The average Bonchev–Trinajstić information content (AvgIpc) is 2.84. The van der Waals surface area contributed by atoms with Crippen molar-refractivity contribution in [1.82, 2.24) is 20.9 Å². The highest BCUT2D eigenvalue weighted by molar-refractivity contribution is 14.0. The van der Waals surface area contributed by atoms with Gasteiger partial charge in [0, 0.05) is 39.8 Å². The third kappa shape index (κ3) is 9.18. The van der Waals surface area contributed by atoms with E-state index in [0.717, 1.165) is 44.2 Å². The summed E-state index contributed by atoms with van der Waals surface area (Å²) in [7, 11) is 3.33. The predicted molar refractivity (Wildman–Crippen MR) is 141 cm³/mol. The molecule has 2 aromatic rings. The Labute approximate surface area is 213 Å². The highest BCUT2D eigenvalue weighted by Crippen LogP contribution is 2.13. The van der Waals surface area contributed by atoms with Gasteiger partial charge in [0.05, 0.1) is 26.9 Å². The van der Waals surface area contributed by atoms with Crippen LogP contribution in [0, 0.1) is 0 Å². The van der Waals surface area contributed by atoms with Crippen molar-refractivity contribution >= 4 is 35.8 Å². The molecule has 1 aliphatic rings. The van der Waals surface area contributed by atoms with Gasteiger partial charge in [-0.2, -0.15) is 0 Å². The number of aliphatic imine (C=N–C) groups is 1. The third-order valence-corrected chi connectivity index (χ3v) is 5.35. The van der Waals surface area contributed by atoms with Gasteiger partial charge in [0.15, 0.2) is 5.96 Å². The summed E-state index contributed by atoms with van der Waals surface area (Å²) >= 11 is 0. The number of halogens is 1. The fraction of sp³-hybridized carbons (Fsp3) is 0.417. The van der Waals surface area contributed by atoms with Gasteiger partial charge in [-0.1, -0.05) is 36.4 Å². The highest BCUT2D eigenvalue weighted by atomic mass is 127. The zero-order valence-electron chi connectivity index (χ0n) is 19.3. The van der Waals surface area contributed by atoms with Gasteiger partial charge in [0.25, 0.3) is 0 Å². The first-order valence-electron chi connectivity index (χ1n) is 10.9. The molecule has 1 amide bonds. The number of ether oxygens (including phenoxy) is 2. The number of rotatable bonds is 9. The number of nitrogens with zero attached hydrogens (tertiary/aromatic N) is 2. The van der Waals surface area contributed by atoms with Crippen LogP contribution in [0.5, 0.6) is 5.75 Å². The SMILES string of the molecule is CN=C(NCC(=O)NCc1ccc(OC)cc1)NCc1ccccc1CN1CCOCC1.I. The molecule has 1 heterocycles. The number of morpholine rings is 1. The molecule has 1 fully saturated rings. The lowest BCUT2D eigenvalue weighted by molar-refractivity contribution is -0.120. The van der Waals surface area contributed by atoms with Crippen LogP contribution >= 0.6 is 24.0 Å². The Morgan fingerprint density at radius 3 is 2.36 bits per heavy atom. The molecule has 180 valence electrons. The van der Waals surface area contributed by atoms with E-state index < -0.39 is 0 Å². The normalized spacial score (nSPS) is 14.2. The Kier molecular flexibility index (Phi) is 12.0. The summed E-state index contributed by atoms with van der Waals surface area (Å²) in [5, 5.41) is 9.29. The molecule has 0 unspecified atom stereocenters. The van der Waals surface area contributed by atoms with Crippen molar-refractivity contribution in [3.63, 3.8) is 0 Å². The summed E-state index contributed by atoms with van der Waals surface area (Å²) in [5.74, 6) is 1.28. The van der Waals surface area contributed by atoms with Crippen LogP contribution in [0.2, 0.25) is 0 Å². The second-order valence-electron chi connectivity index (χ2n) is 7.56. The minimum Gasteiger partial charge on any atom is -0.497 e. The van der Waals surface area contributed by atoms with Gasteiger partial charge in [0.1, 0.15) is 5.75 Å². The molecule has 9 heteroatoms. The Hall–Kier alpha value is -2.37. The molecule has 3 rings (SSSR count). The van der Waals surface area contributed by atoms with Gasteiger partial charge in [-0.15, -0.1) is 24.0 Å². The van der Waals surface area contributed by atoms with Gasteiger partial charge < -0.3 is 25.4 Å². The van der Waals surface area contributed by atoms with Crippen molar-refractivity contribution in [2.24, 2.45) is 4.99 Å². The van der Waals surface area contributed by atoms with Crippen LogP contribution < -0.4 is 20.7 Å². The van der Waals surface area contributed by atoms with E-state index in [1.165, 1.54) is 11.1 Å². The molecular weight excluding hydrogens is 533 g/mol. The maximum atomic E-state index is 12.2. The molecule has 0 spiro atoms. The number of hydrogen-bond donors (Lipinski definition) is 3. The van der Waals surface area contributed by atoms with Crippen LogP contribution in [0.3, 0.4) is 0 Å². The fourth-order valence-electron chi connectivity index (χ4n) is 3.45. The number of guanidine groups is 1. The van der Waals surface area contributed by atoms with Crippen LogP contribution in [0.1, 0.15) is 16.7 Å². The first-order chi connectivity index (χ1) is 15.7. The lowest BCUT2D eigenvalue weighted by atomic mass is 10.1. The Morgan fingerprint density at radius 1 is 1.00 bits per heavy atom. The maximum Gasteiger partial charge on any atom is 0.239 e. The minimum absolute atomic E-state index is 0. The topological polar surface area (TPSA) is 87.2 Å². The quantitative estimate of drug-likeness (QED) is 0.245. The zero-order chi connectivity index (χ0) is 22.6. The second kappa shape index (κ2) is 14.7. The number of benzene rings is 2. The van der Waals surface area contributed by atoms with E-state index in [-0.39, 0.29) is 36.4 Å². The molecule has 0 bridgehead atoms. The fourth-order valence-corrected chi connectivity index (χ4v) is 3.45. The molecular formula is C24H34IN5O3. The molecule has 0 aliphatic carbocycles. The van der Waals surface area contributed by atoms with Crippen molar-refractivity contribution in [1.29, 1.82) is 0 Å². The number of amides is 1. The molecule has 8 nitrogen and oxygen atoms in total. The average molecular weight is 567 g/mol. The molecule has 0 atom stereocenters. The van der Waals surface area contributed by atoms with Crippen molar-refractivity contribution in [2.45, 2.75) is 19.6 Å². The maximum absolute atomic E-state index is 12.2. The van der Waals surface area contributed by atoms with Crippen molar-refractivity contribution < 1.29 is 14.3 Å². The summed E-state index contributed by atoms with van der Waals surface area (Å²) < 4.78 is 10.6. The zero-order valence-corrected chi connectivity index (χ0v) is 21.6. The molecule has 2 aromatic carbocycles. The van der Waals surface area contributed by atoms with Gasteiger partial charge in [-0.05, 0) is 28.8 Å². The second-order valence-corrected chi connectivity index (χ2v) is 7.56. The van der Waals surface area contributed by atoms with Crippen LogP contribution in [0.4, 0.5) is 0 Å². The van der Waals surface area contributed by atoms with Gasteiger partial charge >= 0.3 is 0 Å². The summed E-state index contributed by atoms with van der Waals surface area (Å²) in [6.07, 6.45) is 0. The highest BCUT2D eigenvalue weighted by Gasteiger charge is 2.13.